The fraction of sp³-hybridized carbons (Fsp3) is 0.154. The van der Waals surface area contributed by atoms with Crippen molar-refractivity contribution in [1.82, 2.24) is 4.57 Å². The quantitative estimate of drug-likeness (QED) is 0.626. The Kier molecular flexibility index (Phi) is 3.14. The molecule has 0 saturated heterocycles. The summed E-state index contributed by atoms with van der Waals surface area (Å²) in [4.78, 5) is 11.4. The van der Waals surface area contributed by atoms with Gasteiger partial charge in [-0.3, -0.25) is 4.57 Å². The van der Waals surface area contributed by atoms with E-state index < -0.39 is 0 Å². The van der Waals surface area contributed by atoms with Gasteiger partial charge in [-0.15, -0.1) is 0 Å². The van der Waals surface area contributed by atoms with Gasteiger partial charge < -0.3 is 8.83 Å². The number of rotatable bonds is 2. The first-order valence-electron chi connectivity index (χ1n) is 5.55. The highest BCUT2D eigenvalue weighted by Crippen LogP contribution is 2.34. The third-order valence-electron chi connectivity index (χ3n) is 2.95. The Hall–Kier alpha value is -1.27. The fourth-order valence-corrected chi connectivity index (χ4v) is 2.79. The number of aryl methyl sites for hydroxylation is 1. The first-order chi connectivity index (χ1) is 9.06. The zero-order valence-electron chi connectivity index (χ0n) is 9.89. The van der Waals surface area contributed by atoms with E-state index in [9.17, 15) is 4.79 Å². The number of furan rings is 1. The highest BCUT2D eigenvalue weighted by Gasteiger charge is 2.16. The normalized spacial score (nSPS) is 13.0. The van der Waals surface area contributed by atoms with E-state index in [0.29, 0.717) is 10.3 Å². The van der Waals surface area contributed by atoms with Crippen molar-refractivity contribution < 1.29 is 8.83 Å². The maximum atomic E-state index is 11.5. The molecule has 0 fully saturated rings. The van der Waals surface area contributed by atoms with Gasteiger partial charge in [-0.2, -0.15) is 0 Å². The number of alkyl halides is 1. The molecule has 2 heterocycles. The second-order valence-electron chi connectivity index (χ2n) is 4.16. The number of fused-ring (bicyclic) bond motifs is 1. The van der Waals surface area contributed by atoms with Crippen molar-refractivity contribution in [3.63, 3.8) is 0 Å². The zero-order chi connectivity index (χ0) is 13.6. The van der Waals surface area contributed by atoms with E-state index in [1.165, 1.54) is 4.57 Å². The minimum Gasteiger partial charge on any atom is -0.453 e. The lowest BCUT2D eigenvalue weighted by atomic mass is 10.1. The summed E-state index contributed by atoms with van der Waals surface area (Å²) in [5, 5.41) is 0. The molecule has 0 N–H and O–H groups in total. The molecule has 0 bridgehead atoms. The van der Waals surface area contributed by atoms with E-state index in [0.717, 1.165) is 16.8 Å². The molecule has 3 rings (SSSR count). The Balaban J connectivity index is 2.08. The number of hydrogen-bond acceptors (Lipinski definition) is 3. The number of nitrogens with zero attached hydrogens (tertiary/aromatic N) is 1. The first-order valence-corrected chi connectivity index (χ1v) is 7.26. The van der Waals surface area contributed by atoms with Crippen LogP contribution in [-0.4, -0.2) is 4.57 Å². The molecular weight excluding hydrogens is 378 g/mol. The molecule has 2 aromatic heterocycles. The molecule has 0 spiro atoms. The third kappa shape index (κ3) is 2.19. The molecule has 4 nitrogen and oxygen atoms in total. The lowest BCUT2D eigenvalue weighted by Gasteiger charge is -2.06. The second kappa shape index (κ2) is 4.68. The molecule has 0 amide bonds. The van der Waals surface area contributed by atoms with Crippen LogP contribution in [-0.2, 0) is 7.05 Å². The van der Waals surface area contributed by atoms with Gasteiger partial charge in [-0.1, -0.05) is 22.0 Å². The number of benzene rings is 1. The molecule has 0 aliphatic rings. The summed E-state index contributed by atoms with van der Waals surface area (Å²) in [6, 6.07) is 9.36. The Bertz CT molecular complexity index is 800. The van der Waals surface area contributed by atoms with Crippen molar-refractivity contribution in [3.05, 3.63) is 56.9 Å². The van der Waals surface area contributed by atoms with Crippen LogP contribution in [0.1, 0.15) is 16.2 Å². The van der Waals surface area contributed by atoms with Crippen LogP contribution in [0.4, 0.5) is 0 Å². The summed E-state index contributed by atoms with van der Waals surface area (Å²) in [5.41, 5.74) is 2.30. The molecule has 1 unspecified atom stereocenters. The standard InChI is InChI=1S/C13H9Br2NO3/c1-16-8-3-2-7(6-10(8)19-13(16)17)12(15)9-4-5-11(14)18-9/h2-6,12H,1H3. The van der Waals surface area contributed by atoms with Crippen LogP contribution in [0.5, 0.6) is 0 Å². The predicted octanol–water partition coefficient (Wildman–Crippen LogP) is 3.97. The van der Waals surface area contributed by atoms with E-state index >= 15 is 0 Å². The van der Waals surface area contributed by atoms with Crippen molar-refractivity contribution in [3.8, 4) is 0 Å². The molecule has 6 heteroatoms. The Morgan fingerprint density at radius 3 is 2.68 bits per heavy atom. The number of halogens is 2. The van der Waals surface area contributed by atoms with Gasteiger partial charge in [0.25, 0.3) is 0 Å². The van der Waals surface area contributed by atoms with Gasteiger partial charge in [-0.25, -0.2) is 4.79 Å². The van der Waals surface area contributed by atoms with Crippen LogP contribution in [0.3, 0.4) is 0 Å². The van der Waals surface area contributed by atoms with Gasteiger partial charge in [0.15, 0.2) is 10.3 Å². The van der Waals surface area contributed by atoms with Crippen LogP contribution in [0.15, 0.2) is 48.6 Å². The minimum absolute atomic E-state index is 0.0892. The van der Waals surface area contributed by atoms with Gasteiger partial charge in [0.05, 0.1) is 10.3 Å². The van der Waals surface area contributed by atoms with E-state index in [-0.39, 0.29) is 10.6 Å². The largest absolute Gasteiger partial charge is 0.453 e. The van der Waals surface area contributed by atoms with Gasteiger partial charge >= 0.3 is 5.76 Å². The summed E-state index contributed by atoms with van der Waals surface area (Å²) >= 11 is 6.85. The minimum atomic E-state index is -0.362. The van der Waals surface area contributed by atoms with Gasteiger partial charge in [0, 0.05) is 7.05 Å². The molecule has 1 aromatic carbocycles. The average Bonchev–Trinajstić information content (AvgIpc) is 2.94. The van der Waals surface area contributed by atoms with Crippen molar-refractivity contribution >= 4 is 43.0 Å². The second-order valence-corrected chi connectivity index (χ2v) is 5.86. The maximum absolute atomic E-state index is 11.5. The monoisotopic (exact) mass is 385 g/mol. The lowest BCUT2D eigenvalue weighted by molar-refractivity contribution is 0.497. The zero-order valence-corrected chi connectivity index (χ0v) is 13.1. The molecule has 0 aliphatic carbocycles. The van der Waals surface area contributed by atoms with E-state index in [1.54, 1.807) is 7.05 Å². The van der Waals surface area contributed by atoms with E-state index in [1.807, 2.05) is 30.3 Å². The number of aromatic nitrogens is 1. The molecule has 0 aliphatic heterocycles. The smallest absolute Gasteiger partial charge is 0.419 e. The molecule has 98 valence electrons. The van der Waals surface area contributed by atoms with Crippen LogP contribution >= 0.6 is 31.9 Å². The van der Waals surface area contributed by atoms with E-state index in [2.05, 4.69) is 31.9 Å². The van der Waals surface area contributed by atoms with Gasteiger partial charge in [-0.05, 0) is 45.8 Å². The lowest BCUT2D eigenvalue weighted by Crippen LogP contribution is -2.08. The summed E-state index contributed by atoms with van der Waals surface area (Å²) in [6.07, 6.45) is 0. The van der Waals surface area contributed by atoms with Crippen LogP contribution in [0.25, 0.3) is 11.1 Å². The van der Waals surface area contributed by atoms with Crippen molar-refractivity contribution in [1.29, 1.82) is 0 Å². The average molecular weight is 387 g/mol. The van der Waals surface area contributed by atoms with Crippen LogP contribution < -0.4 is 5.76 Å². The summed E-state index contributed by atoms with van der Waals surface area (Å²) in [5.74, 6) is 0.420. The molecule has 0 saturated carbocycles. The third-order valence-corrected chi connectivity index (χ3v) is 4.36. The van der Waals surface area contributed by atoms with Crippen molar-refractivity contribution in [2.75, 3.05) is 0 Å². The Labute approximate surface area is 125 Å². The molecular formula is C13H9Br2NO3. The Morgan fingerprint density at radius 2 is 2.00 bits per heavy atom. The van der Waals surface area contributed by atoms with Crippen molar-refractivity contribution in [2.45, 2.75) is 4.83 Å². The Morgan fingerprint density at radius 1 is 1.21 bits per heavy atom. The van der Waals surface area contributed by atoms with Gasteiger partial charge in [0.1, 0.15) is 5.76 Å². The SMILES string of the molecule is Cn1c(=O)oc2cc(C(Br)c3ccc(Br)o3)ccc21. The summed E-state index contributed by atoms with van der Waals surface area (Å²) in [7, 11) is 1.68. The molecule has 0 radical (unpaired) electrons. The summed E-state index contributed by atoms with van der Waals surface area (Å²) < 4.78 is 12.8. The first kappa shape index (κ1) is 12.7. The van der Waals surface area contributed by atoms with Crippen LogP contribution in [0, 0.1) is 0 Å². The topological polar surface area (TPSA) is 48.3 Å². The summed E-state index contributed by atoms with van der Waals surface area (Å²) in [6.45, 7) is 0. The van der Waals surface area contributed by atoms with Crippen LogP contribution in [0.2, 0.25) is 0 Å². The number of oxazole rings is 1. The molecule has 3 aromatic rings. The highest BCUT2D eigenvalue weighted by atomic mass is 79.9. The predicted molar refractivity (Wildman–Crippen MR) is 78.6 cm³/mol. The molecule has 1 atom stereocenters. The molecule has 19 heavy (non-hydrogen) atoms. The highest BCUT2D eigenvalue weighted by molar-refractivity contribution is 9.10. The van der Waals surface area contributed by atoms with E-state index in [4.69, 9.17) is 8.83 Å². The van der Waals surface area contributed by atoms with Crippen molar-refractivity contribution in [2.24, 2.45) is 7.05 Å². The van der Waals surface area contributed by atoms with Gasteiger partial charge in [0.2, 0.25) is 0 Å². The number of hydrogen-bond donors (Lipinski definition) is 0. The maximum Gasteiger partial charge on any atom is 0.419 e. The fourth-order valence-electron chi connectivity index (χ4n) is 1.94.